The van der Waals surface area contributed by atoms with Crippen LogP contribution in [0.25, 0.3) is 0 Å². The maximum atomic E-state index is 11.4. The van der Waals surface area contributed by atoms with Crippen molar-refractivity contribution < 1.29 is 24.9 Å². The zero-order chi connectivity index (χ0) is 16.8. The molecule has 1 aromatic heterocycles. The van der Waals surface area contributed by atoms with Crippen LogP contribution in [-0.4, -0.2) is 49.3 Å². The summed E-state index contributed by atoms with van der Waals surface area (Å²) in [5, 5.41) is 30.5. The molecule has 2 atom stereocenters. The second kappa shape index (κ2) is 7.41. The van der Waals surface area contributed by atoms with Crippen LogP contribution >= 0.6 is 0 Å². The summed E-state index contributed by atoms with van der Waals surface area (Å²) in [5.74, 6) is -2.22. The summed E-state index contributed by atoms with van der Waals surface area (Å²) in [4.78, 5) is 29.4. The van der Waals surface area contributed by atoms with E-state index in [1.54, 1.807) is 18.3 Å². The Kier molecular flexibility index (Phi) is 5.32. The van der Waals surface area contributed by atoms with Gasteiger partial charge in [-0.05, 0) is 24.1 Å². The largest absolute Gasteiger partial charge is 0.508 e. The van der Waals surface area contributed by atoms with Crippen molar-refractivity contribution in [2.24, 2.45) is 0 Å². The van der Waals surface area contributed by atoms with Gasteiger partial charge in [-0.2, -0.15) is 0 Å². The Labute approximate surface area is 131 Å². The number of carbonyl (C=O) groups is 2. The van der Waals surface area contributed by atoms with Crippen LogP contribution < -0.4 is 5.32 Å². The number of aliphatic carboxylic acids is 2. The highest BCUT2D eigenvalue weighted by molar-refractivity contribution is 5.78. The number of hydrogen-bond acceptors (Lipinski definition) is 5. The Morgan fingerprint density at radius 2 is 1.70 bits per heavy atom. The second-order valence-electron chi connectivity index (χ2n) is 5.08. The summed E-state index contributed by atoms with van der Waals surface area (Å²) in [7, 11) is 0. The smallest absolute Gasteiger partial charge is 0.321 e. The van der Waals surface area contributed by atoms with E-state index in [-0.39, 0.29) is 18.6 Å². The predicted octanol–water partition coefficient (Wildman–Crippen LogP) is 0.397. The molecule has 0 amide bonds. The number of aromatic amines is 1. The number of aromatic nitrogens is 2. The fraction of sp³-hybridized carbons (Fsp3) is 0.267. The summed E-state index contributed by atoms with van der Waals surface area (Å²) < 4.78 is 0. The third kappa shape index (κ3) is 4.82. The minimum absolute atomic E-state index is 0.0676. The van der Waals surface area contributed by atoms with Crippen molar-refractivity contribution in [1.29, 1.82) is 0 Å². The van der Waals surface area contributed by atoms with E-state index in [2.05, 4.69) is 15.3 Å². The average molecular weight is 319 g/mol. The van der Waals surface area contributed by atoms with Crippen molar-refractivity contribution in [3.8, 4) is 5.75 Å². The summed E-state index contributed by atoms with van der Waals surface area (Å²) in [6, 6.07) is 3.95. The van der Waals surface area contributed by atoms with E-state index >= 15 is 0 Å². The van der Waals surface area contributed by atoms with Crippen LogP contribution in [0.2, 0.25) is 0 Å². The average Bonchev–Trinajstić information content (AvgIpc) is 3.00. The first-order valence-corrected chi connectivity index (χ1v) is 6.93. The molecule has 0 fully saturated rings. The number of rotatable bonds is 8. The van der Waals surface area contributed by atoms with E-state index in [0.29, 0.717) is 11.3 Å². The monoisotopic (exact) mass is 319 g/mol. The number of nitrogens with one attached hydrogen (secondary N) is 2. The van der Waals surface area contributed by atoms with Crippen LogP contribution in [0.3, 0.4) is 0 Å². The molecule has 2 unspecified atom stereocenters. The number of nitrogens with zero attached hydrogens (tertiary/aromatic N) is 1. The summed E-state index contributed by atoms with van der Waals surface area (Å²) >= 11 is 0. The lowest BCUT2D eigenvalue weighted by Crippen LogP contribution is -2.49. The lowest BCUT2D eigenvalue weighted by Gasteiger charge is -2.20. The van der Waals surface area contributed by atoms with E-state index < -0.39 is 24.0 Å². The van der Waals surface area contributed by atoms with E-state index in [1.165, 1.54) is 18.5 Å². The second-order valence-corrected chi connectivity index (χ2v) is 5.08. The van der Waals surface area contributed by atoms with Gasteiger partial charge in [0.1, 0.15) is 17.8 Å². The molecule has 0 radical (unpaired) electrons. The summed E-state index contributed by atoms with van der Waals surface area (Å²) in [6.45, 7) is 0. The quantitative estimate of drug-likeness (QED) is 0.475. The van der Waals surface area contributed by atoms with Gasteiger partial charge < -0.3 is 20.3 Å². The lowest BCUT2D eigenvalue weighted by molar-refractivity contribution is -0.142. The SMILES string of the molecule is O=C(O)C(Cc1ccc(O)cc1)NC(Cc1c[nH]cn1)C(=O)O. The van der Waals surface area contributed by atoms with Gasteiger partial charge in [-0.15, -0.1) is 0 Å². The van der Waals surface area contributed by atoms with Crippen molar-refractivity contribution in [2.75, 3.05) is 0 Å². The molecule has 5 N–H and O–H groups in total. The predicted molar refractivity (Wildman–Crippen MR) is 80.1 cm³/mol. The van der Waals surface area contributed by atoms with Crippen LogP contribution in [0.1, 0.15) is 11.3 Å². The molecular formula is C15H17N3O5. The molecule has 23 heavy (non-hydrogen) atoms. The van der Waals surface area contributed by atoms with Crippen LogP contribution in [-0.2, 0) is 22.4 Å². The normalized spacial score (nSPS) is 13.4. The van der Waals surface area contributed by atoms with Gasteiger partial charge >= 0.3 is 11.9 Å². The molecule has 122 valence electrons. The highest BCUT2D eigenvalue weighted by Crippen LogP contribution is 2.12. The molecule has 8 heteroatoms. The highest BCUT2D eigenvalue weighted by Gasteiger charge is 2.26. The van der Waals surface area contributed by atoms with Gasteiger partial charge in [-0.3, -0.25) is 14.9 Å². The molecule has 8 nitrogen and oxygen atoms in total. The number of hydrogen-bond donors (Lipinski definition) is 5. The lowest BCUT2D eigenvalue weighted by atomic mass is 10.0. The molecule has 0 saturated heterocycles. The maximum absolute atomic E-state index is 11.4. The third-order valence-corrected chi connectivity index (χ3v) is 3.34. The van der Waals surface area contributed by atoms with E-state index in [1.807, 2.05) is 0 Å². The number of phenolic OH excluding ortho intramolecular Hbond substituents is 1. The molecule has 0 saturated carbocycles. The van der Waals surface area contributed by atoms with Gasteiger partial charge in [0.25, 0.3) is 0 Å². The maximum Gasteiger partial charge on any atom is 0.321 e. The fourth-order valence-electron chi connectivity index (χ4n) is 2.16. The number of phenols is 1. The van der Waals surface area contributed by atoms with Gasteiger partial charge in [0, 0.05) is 12.6 Å². The van der Waals surface area contributed by atoms with E-state index in [9.17, 15) is 24.9 Å². The Hall–Kier alpha value is -2.87. The molecule has 0 spiro atoms. The summed E-state index contributed by atoms with van der Waals surface area (Å²) in [6.07, 6.45) is 3.16. The van der Waals surface area contributed by atoms with Gasteiger partial charge in [0.15, 0.2) is 0 Å². The van der Waals surface area contributed by atoms with Crippen molar-refractivity contribution in [1.82, 2.24) is 15.3 Å². The topological polar surface area (TPSA) is 136 Å². The Balaban J connectivity index is 2.07. The zero-order valence-corrected chi connectivity index (χ0v) is 12.1. The number of carboxylic acids is 2. The van der Waals surface area contributed by atoms with E-state index in [0.717, 1.165) is 0 Å². The molecule has 0 aliphatic heterocycles. The van der Waals surface area contributed by atoms with Crippen LogP contribution in [0.4, 0.5) is 0 Å². The summed E-state index contributed by atoms with van der Waals surface area (Å²) in [5.41, 5.74) is 1.20. The Bertz CT molecular complexity index is 654. The minimum Gasteiger partial charge on any atom is -0.508 e. The van der Waals surface area contributed by atoms with Crippen molar-refractivity contribution in [3.05, 3.63) is 48.0 Å². The number of imidazole rings is 1. The van der Waals surface area contributed by atoms with Gasteiger partial charge in [-0.1, -0.05) is 12.1 Å². The fourth-order valence-corrected chi connectivity index (χ4v) is 2.16. The van der Waals surface area contributed by atoms with Gasteiger partial charge in [0.05, 0.1) is 12.0 Å². The number of benzene rings is 1. The number of H-pyrrole nitrogens is 1. The molecule has 0 bridgehead atoms. The van der Waals surface area contributed by atoms with Crippen molar-refractivity contribution in [3.63, 3.8) is 0 Å². The Morgan fingerprint density at radius 1 is 1.09 bits per heavy atom. The third-order valence-electron chi connectivity index (χ3n) is 3.34. The molecule has 0 aliphatic carbocycles. The standard InChI is InChI=1S/C15H17N3O5/c19-11-3-1-9(2-4-11)5-12(14(20)21)18-13(15(22)23)6-10-7-16-8-17-10/h1-4,7-8,12-13,18-19H,5-6H2,(H,16,17)(H,20,21)(H,22,23). The highest BCUT2D eigenvalue weighted by atomic mass is 16.4. The van der Waals surface area contributed by atoms with Crippen LogP contribution in [0, 0.1) is 0 Å². The molecule has 1 heterocycles. The first kappa shape index (κ1) is 16.5. The first-order chi connectivity index (χ1) is 11.0. The number of carboxylic acid groups (broad SMARTS) is 2. The first-order valence-electron chi connectivity index (χ1n) is 6.93. The molecule has 2 rings (SSSR count). The molecule has 1 aromatic carbocycles. The molecular weight excluding hydrogens is 302 g/mol. The molecule has 0 aliphatic rings. The minimum atomic E-state index is -1.15. The van der Waals surface area contributed by atoms with Crippen molar-refractivity contribution >= 4 is 11.9 Å². The zero-order valence-electron chi connectivity index (χ0n) is 12.1. The number of aromatic hydroxyl groups is 1. The van der Waals surface area contributed by atoms with Crippen molar-refractivity contribution in [2.45, 2.75) is 24.9 Å². The van der Waals surface area contributed by atoms with Gasteiger partial charge in [-0.25, -0.2) is 4.98 Å². The molecule has 2 aromatic rings. The van der Waals surface area contributed by atoms with Crippen LogP contribution in [0.5, 0.6) is 5.75 Å². The van der Waals surface area contributed by atoms with Crippen LogP contribution in [0.15, 0.2) is 36.8 Å². The van der Waals surface area contributed by atoms with E-state index in [4.69, 9.17) is 0 Å². The Morgan fingerprint density at radius 3 is 2.22 bits per heavy atom. The van der Waals surface area contributed by atoms with Gasteiger partial charge in [0.2, 0.25) is 0 Å².